The van der Waals surface area contributed by atoms with E-state index in [-0.39, 0.29) is 12.4 Å². The molecular formula is C21H22O5. The molecule has 2 aromatic rings. The van der Waals surface area contributed by atoms with Crippen molar-refractivity contribution in [3.8, 4) is 17.2 Å². The zero-order valence-corrected chi connectivity index (χ0v) is 15.1. The number of ether oxygens (including phenoxy) is 3. The van der Waals surface area contributed by atoms with Crippen molar-refractivity contribution in [1.82, 2.24) is 0 Å². The number of methoxy groups -OCH3 is 3. The van der Waals surface area contributed by atoms with Crippen molar-refractivity contribution in [1.29, 1.82) is 0 Å². The third-order valence-electron chi connectivity index (χ3n) is 3.78. The Labute approximate surface area is 153 Å². The van der Waals surface area contributed by atoms with Crippen LogP contribution in [0.25, 0.3) is 12.2 Å². The molecule has 0 amide bonds. The van der Waals surface area contributed by atoms with Gasteiger partial charge in [-0.2, -0.15) is 0 Å². The average Bonchev–Trinajstić information content (AvgIpc) is 2.70. The molecule has 136 valence electrons. The van der Waals surface area contributed by atoms with E-state index in [1.165, 1.54) is 12.2 Å². The predicted molar refractivity (Wildman–Crippen MR) is 102 cm³/mol. The molecule has 2 rings (SSSR count). The highest BCUT2D eigenvalue weighted by Crippen LogP contribution is 2.26. The minimum atomic E-state index is -0.170. The highest BCUT2D eigenvalue weighted by Gasteiger charge is 2.04. The first kappa shape index (κ1) is 19.3. The van der Waals surface area contributed by atoms with Gasteiger partial charge in [0.2, 0.25) is 0 Å². The predicted octanol–water partition coefficient (Wildman–Crippen LogP) is 3.50. The van der Waals surface area contributed by atoms with Crippen LogP contribution in [0.5, 0.6) is 17.2 Å². The van der Waals surface area contributed by atoms with Crippen LogP contribution < -0.4 is 14.2 Å². The Balaban J connectivity index is 2.13. The van der Waals surface area contributed by atoms with Crippen LogP contribution in [0, 0.1) is 0 Å². The van der Waals surface area contributed by atoms with Crippen molar-refractivity contribution in [2.24, 2.45) is 0 Å². The number of allylic oxidation sites excluding steroid dienone is 2. The number of carbonyl (C=O) groups excluding carboxylic acids is 1. The molecule has 0 bridgehead atoms. The lowest BCUT2D eigenvalue weighted by Crippen LogP contribution is -1.92. The Kier molecular flexibility index (Phi) is 7.00. The summed E-state index contributed by atoms with van der Waals surface area (Å²) in [5.74, 6) is 1.74. The maximum atomic E-state index is 12.1. The summed E-state index contributed by atoms with van der Waals surface area (Å²) in [7, 11) is 4.70. The van der Waals surface area contributed by atoms with Crippen LogP contribution >= 0.6 is 0 Å². The van der Waals surface area contributed by atoms with Gasteiger partial charge < -0.3 is 19.3 Å². The lowest BCUT2D eigenvalue weighted by molar-refractivity contribution is -0.110. The number of aliphatic hydroxyl groups is 1. The minimum absolute atomic E-state index is 0.0638. The summed E-state index contributed by atoms with van der Waals surface area (Å²) in [5, 5.41) is 9.17. The third-order valence-corrected chi connectivity index (χ3v) is 3.78. The largest absolute Gasteiger partial charge is 0.497 e. The summed E-state index contributed by atoms with van der Waals surface area (Å²) < 4.78 is 15.7. The minimum Gasteiger partial charge on any atom is -0.497 e. The SMILES string of the molecule is COc1ccc(/C=C/C(=O)/C=C/c2ccc(CO)cc2OC)c(OC)c1. The second kappa shape index (κ2) is 9.44. The smallest absolute Gasteiger partial charge is 0.178 e. The molecule has 0 aliphatic heterocycles. The average molecular weight is 354 g/mol. The number of hydrogen-bond acceptors (Lipinski definition) is 5. The monoisotopic (exact) mass is 354 g/mol. The molecule has 5 heteroatoms. The van der Waals surface area contributed by atoms with Gasteiger partial charge in [0.1, 0.15) is 17.2 Å². The quantitative estimate of drug-likeness (QED) is 0.735. The van der Waals surface area contributed by atoms with Crippen LogP contribution in [0.3, 0.4) is 0 Å². The summed E-state index contributed by atoms with van der Waals surface area (Å²) in [6, 6.07) is 10.7. The molecule has 0 unspecified atom stereocenters. The van der Waals surface area contributed by atoms with Gasteiger partial charge in [0, 0.05) is 17.2 Å². The van der Waals surface area contributed by atoms with Gasteiger partial charge in [0.05, 0.1) is 27.9 Å². The zero-order valence-electron chi connectivity index (χ0n) is 15.1. The van der Waals surface area contributed by atoms with Crippen molar-refractivity contribution >= 4 is 17.9 Å². The van der Waals surface area contributed by atoms with E-state index in [1.807, 2.05) is 6.07 Å². The Bertz CT molecular complexity index is 754. The van der Waals surface area contributed by atoms with Gasteiger partial charge in [-0.25, -0.2) is 0 Å². The lowest BCUT2D eigenvalue weighted by Gasteiger charge is -2.07. The molecule has 0 saturated carbocycles. The van der Waals surface area contributed by atoms with Gasteiger partial charge in [0.15, 0.2) is 5.78 Å². The molecule has 0 spiro atoms. The normalized spacial score (nSPS) is 11.1. The molecular weight excluding hydrogens is 332 g/mol. The van der Waals surface area contributed by atoms with E-state index < -0.39 is 0 Å². The fraction of sp³-hybridized carbons (Fsp3) is 0.190. The maximum Gasteiger partial charge on any atom is 0.178 e. The Hall–Kier alpha value is -3.05. The third kappa shape index (κ3) is 4.97. The highest BCUT2D eigenvalue weighted by molar-refractivity contribution is 6.04. The molecule has 0 saturated heterocycles. The first-order chi connectivity index (χ1) is 12.6. The van der Waals surface area contributed by atoms with E-state index in [0.29, 0.717) is 17.2 Å². The van der Waals surface area contributed by atoms with Crippen molar-refractivity contribution < 1.29 is 24.1 Å². The second-order valence-corrected chi connectivity index (χ2v) is 5.41. The molecule has 5 nitrogen and oxygen atoms in total. The van der Waals surface area contributed by atoms with Crippen molar-refractivity contribution in [3.63, 3.8) is 0 Å². The molecule has 0 aliphatic rings. The Morgan fingerprint density at radius 1 is 0.885 bits per heavy atom. The van der Waals surface area contributed by atoms with E-state index in [0.717, 1.165) is 16.7 Å². The molecule has 0 radical (unpaired) electrons. The molecule has 0 aliphatic carbocycles. The molecule has 0 heterocycles. The van der Waals surface area contributed by atoms with E-state index in [1.54, 1.807) is 63.8 Å². The van der Waals surface area contributed by atoms with Crippen LogP contribution in [-0.2, 0) is 11.4 Å². The summed E-state index contributed by atoms with van der Waals surface area (Å²) in [4.78, 5) is 12.1. The molecule has 0 atom stereocenters. The maximum absolute atomic E-state index is 12.1. The Morgan fingerprint density at radius 2 is 1.46 bits per heavy atom. The van der Waals surface area contributed by atoms with Crippen LogP contribution in [0.4, 0.5) is 0 Å². The summed E-state index contributed by atoms with van der Waals surface area (Å²) in [5.41, 5.74) is 2.28. The number of rotatable bonds is 8. The molecule has 0 fully saturated rings. The van der Waals surface area contributed by atoms with Crippen LogP contribution in [0.15, 0.2) is 48.6 Å². The van der Waals surface area contributed by atoms with Gasteiger partial charge in [-0.1, -0.05) is 12.1 Å². The first-order valence-corrected chi connectivity index (χ1v) is 8.01. The molecule has 26 heavy (non-hydrogen) atoms. The molecule has 1 N–H and O–H groups in total. The molecule has 0 aromatic heterocycles. The van der Waals surface area contributed by atoms with Gasteiger partial charge >= 0.3 is 0 Å². The van der Waals surface area contributed by atoms with Gasteiger partial charge in [-0.3, -0.25) is 4.79 Å². The zero-order chi connectivity index (χ0) is 18.9. The van der Waals surface area contributed by atoms with Gasteiger partial charge in [-0.15, -0.1) is 0 Å². The first-order valence-electron chi connectivity index (χ1n) is 8.01. The van der Waals surface area contributed by atoms with E-state index >= 15 is 0 Å². The summed E-state index contributed by atoms with van der Waals surface area (Å²) >= 11 is 0. The highest BCUT2D eigenvalue weighted by atomic mass is 16.5. The summed E-state index contributed by atoms with van der Waals surface area (Å²) in [6.45, 7) is -0.0638. The lowest BCUT2D eigenvalue weighted by atomic mass is 10.1. The van der Waals surface area contributed by atoms with Crippen LogP contribution in [0.2, 0.25) is 0 Å². The van der Waals surface area contributed by atoms with Crippen LogP contribution in [0.1, 0.15) is 16.7 Å². The summed E-state index contributed by atoms with van der Waals surface area (Å²) in [6.07, 6.45) is 6.30. The second-order valence-electron chi connectivity index (χ2n) is 5.41. The van der Waals surface area contributed by atoms with Gasteiger partial charge in [0.25, 0.3) is 0 Å². The van der Waals surface area contributed by atoms with E-state index in [9.17, 15) is 4.79 Å². The molecule has 2 aromatic carbocycles. The number of ketones is 1. The van der Waals surface area contributed by atoms with Gasteiger partial charge in [-0.05, 0) is 48.1 Å². The van der Waals surface area contributed by atoms with Crippen molar-refractivity contribution in [3.05, 3.63) is 65.2 Å². The fourth-order valence-corrected chi connectivity index (χ4v) is 2.35. The topological polar surface area (TPSA) is 65.0 Å². The fourth-order valence-electron chi connectivity index (χ4n) is 2.35. The van der Waals surface area contributed by atoms with E-state index in [4.69, 9.17) is 19.3 Å². The number of aliphatic hydroxyl groups excluding tert-OH is 1. The standard InChI is InChI=1S/C21H22O5/c1-24-19-11-8-17(21(13-19)26-3)7-10-18(23)9-6-16-5-4-15(14-22)12-20(16)25-2/h4-13,22H,14H2,1-3H3/b9-6+,10-7+. The van der Waals surface area contributed by atoms with Crippen molar-refractivity contribution in [2.75, 3.05) is 21.3 Å². The number of carbonyl (C=O) groups is 1. The van der Waals surface area contributed by atoms with E-state index in [2.05, 4.69) is 0 Å². The van der Waals surface area contributed by atoms with Crippen LogP contribution in [-0.4, -0.2) is 32.2 Å². The number of benzene rings is 2. The Morgan fingerprint density at radius 3 is 2.00 bits per heavy atom. The number of hydrogen-bond donors (Lipinski definition) is 1. The van der Waals surface area contributed by atoms with Crippen molar-refractivity contribution in [2.45, 2.75) is 6.61 Å².